The van der Waals surface area contributed by atoms with Crippen LogP contribution in [0.3, 0.4) is 0 Å². The summed E-state index contributed by atoms with van der Waals surface area (Å²) >= 11 is 0. The molecule has 0 fully saturated rings. The summed E-state index contributed by atoms with van der Waals surface area (Å²) in [5, 5.41) is 2.71. The Morgan fingerprint density at radius 2 is 1.82 bits per heavy atom. The summed E-state index contributed by atoms with van der Waals surface area (Å²) in [6.07, 6.45) is 0.329. The van der Waals surface area contributed by atoms with Crippen molar-refractivity contribution in [2.24, 2.45) is 7.05 Å². The number of carbonyl (C=O) groups is 2. The van der Waals surface area contributed by atoms with E-state index < -0.39 is 21.9 Å². The molecule has 0 saturated carbocycles. The van der Waals surface area contributed by atoms with Gasteiger partial charge in [-0.3, -0.25) is 9.59 Å². The number of esters is 1. The summed E-state index contributed by atoms with van der Waals surface area (Å²) in [7, 11) is 1.17. The number of ether oxygens (including phenoxy) is 1. The second-order valence-corrected chi connectivity index (χ2v) is 10.2. The van der Waals surface area contributed by atoms with E-state index in [-0.39, 0.29) is 17.9 Å². The van der Waals surface area contributed by atoms with Gasteiger partial charge in [0.1, 0.15) is 5.82 Å². The number of benzene rings is 2. The van der Waals surface area contributed by atoms with Crippen molar-refractivity contribution in [3.63, 3.8) is 0 Å². The lowest BCUT2D eigenvalue weighted by molar-refractivity contribution is -0.147. The number of sulfonamides is 1. The summed E-state index contributed by atoms with van der Waals surface area (Å²) in [5.74, 6) is -0.321. The molecule has 0 saturated heterocycles. The first-order valence-corrected chi connectivity index (χ1v) is 11.8. The number of aryl methyl sites for hydroxylation is 4. The Labute approximate surface area is 193 Å². The van der Waals surface area contributed by atoms with Crippen LogP contribution in [-0.4, -0.2) is 54.9 Å². The van der Waals surface area contributed by atoms with E-state index in [1.807, 2.05) is 26.0 Å². The quantitative estimate of drug-likeness (QED) is 0.505. The molecule has 0 radical (unpaired) electrons. The molecule has 1 aromatic heterocycles. The number of aromatic nitrogens is 2. The molecule has 33 heavy (non-hydrogen) atoms. The number of anilines is 1. The minimum atomic E-state index is -3.57. The molecule has 0 unspecified atom stereocenters. The zero-order valence-electron chi connectivity index (χ0n) is 19.4. The number of hydrogen-bond donors (Lipinski definition) is 1. The summed E-state index contributed by atoms with van der Waals surface area (Å²) in [5.41, 5.74) is 4.10. The molecule has 0 bridgehead atoms. The van der Waals surface area contributed by atoms with Crippen molar-refractivity contribution in [1.82, 2.24) is 13.9 Å². The van der Waals surface area contributed by atoms with Gasteiger partial charge in [-0.15, -0.1) is 0 Å². The average Bonchev–Trinajstić information content (AvgIpc) is 3.08. The van der Waals surface area contributed by atoms with Crippen molar-refractivity contribution < 1.29 is 22.7 Å². The lowest BCUT2D eigenvalue weighted by Crippen LogP contribution is -2.22. The van der Waals surface area contributed by atoms with E-state index in [9.17, 15) is 18.0 Å². The number of nitrogens with one attached hydrogen (secondary N) is 1. The fraction of sp³-hybridized carbons (Fsp3) is 0.348. The van der Waals surface area contributed by atoms with E-state index in [0.717, 1.165) is 20.9 Å². The van der Waals surface area contributed by atoms with Gasteiger partial charge in [-0.25, -0.2) is 17.7 Å². The number of carbonyl (C=O) groups excluding carboxylic acids is 2. The second kappa shape index (κ2) is 9.72. The Bertz CT molecular complexity index is 1310. The summed E-state index contributed by atoms with van der Waals surface area (Å²) in [4.78, 5) is 28.8. The first kappa shape index (κ1) is 24.4. The molecule has 0 spiro atoms. The molecule has 0 aliphatic carbocycles. The van der Waals surface area contributed by atoms with E-state index in [1.165, 1.54) is 26.2 Å². The van der Waals surface area contributed by atoms with Crippen molar-refractivity contribution in [3.05, 3.63) is 53.3 Å². The number of nitrogens with zero attached hydrogens (tertiary/aromatic N) is 3. The fourth-order valence-corrected chi connectivity index (χ4v) is 4.19. The van der Waals surface area contributed by atoms with E-state index in [0.29, 0.717) is 23.4 Å². The summed E-state index contributed by atoms with van der Waals surface area (Å²) < 4.78 is 32.7. The number of imidazole rings is 1. The Morgan fingerprint density at radius 1 is 1.09 bits per heavy atom. The molecule has 0 aliphatic heterocycles. The van der Waals surface area contributed by atoms with E-state index in [2.05, 4.69) is 10.3 Å². The smallest absolute Gasteiger partial charge is 0.306 e. The maximum Gasteiger partial charge on any atom is 0.306 e. The third-order valence-corrected chi connectivity index (χ3v) is 7.24. The molecule has 10 heteroatoms. The van der Waals surface area contributed by atoms with Crippen LogP contribution in [0.15, 0.2) is 41.3 Å². The second-order valence-electron chi connectivity index (χ2n) is 8.03. The minimum Gasteiger partial charge on any atom is -0.456 e. The summed E-state index contributed by atoms with van der Waals surface area (Å²) in [6.45, 7) is 3.56. The number of amides is 1. The molecular formula is C23H28N4O5S. The van der Waals surface area contributed by atoms with E-state index >= 15 is 0 Å². The average molecular weight is 473 g/mol. The Kier molecular flexibility index (Phi) is 7.19. The van der Waals surface area contributed by atoms with Crippen molar-refractivity contribution in [2.45, 2.75) is 31.6 Å². The third kappa shape index (κ3) is 5.58. The lowest BCUT2D eigenvalue weighted by Gasteiger charge is -2.10. The Hall–Kier alpha value is -3.24. The van der Waals surface area contributed by atoms with Gasteiger partial charge in [0.25, 0.3) is 5.91 Å². The van der Waals surface area contributed by atoms with Crippen LogP contribution in [0.2, 0.25) is 0 Å². The number of hydrogen-bond acceptors (Lipinski definition) is 6. The van der Waals surface area contributed by atoms with Gasteiger partial charge in [-0.2, -0.15) is 0 Å². The number of rotatable bonds is 8. The Balaban J connectivity index is 1.58. The van der Waals surface area contributed by atoms with Gasteiger partial charge >= 0.3 is 5.97 Å². The van der Waals surface area contributed by atoms with Crippen molar-refractivity contribution in [2.75, 3.05) is 26.0 Å². The molecule has 1 amide bonds. The fourth-order valence-electron chi connectivity index (χ4n) is 3.27. The highest BCUT2D eigenvalue weighted by Gasteiger charge is 2.19. The lowest BCUT2D eigenvalue weighted by atomic mass is 10.1. The molecule has 0 atom stereocenters. The molecule has 3 aromatic rings. The van der Waals surface area contributed by atoms with Crippen molar-refractivity contribution in [3.8, 4) is 0 Å². The first-order chi connectivity index (χ1) is 15.5. The molecule has 0 aliphatic rings. The Morgan fingerprint density at radius 3 is 2.48 bits per heavy atom. The van der Waals surface area contributed by atoms with Gasteiger partial charge in [-0.1, -0.05) is 6.07 Å². The number of fused-ring (bicyclic) bond motifs is 1. The van der Waals surface area contributed by atoms with Crippen LogP contribution in [-0.2, 0) is 37.8 Å². The van der Waals surface area contributed by atoms with Crippen LogP contribution in [0.25, 0.3) is 11.0 Å². The minimum absolute atomic E-state index is 0.0386. The molecule has 2 aromatic carbocycles. The van der Waals surface area contributed by atoms with Gasteiger partial charge in [-0.05, 0) is 55.3 Å². The monoisotopic (exact) mass is 472 g/mol. The van der Waals surface area contributed by atoms with Gasteiger partial charge < -0.3 is 14.6 Å². The van der Waals surface area contributed by atoms with Crippen molar-refractivity contribution in [1.29, 1.82) is 0 Å². The highest BCUT2D eigenvalue weighted by atomic mass is 32.2. The zero-order valence-corrected chi connectivity index (χ0v) is 20.2. The first-order valence-electron chi connectivity index (χ1n) is 10.4. The predicted molar refractivity (Wildman–Crippen MR) is 125 cm³/mol. The van der Waals surface area contributed by atoms with Crippen LogP contribution >= 0.6 is 0 Å². The SMILES string of the molecule is Cc1ccc(NC(=O)COC(=O)CCc2nc3cc(S(=O)(=O)N(C)C)ccc3n2C)cc1C. The predicted octanol–water partition coefficient (Wildman–Crippen LogP) is 2.55. The van der Waals surface area contributed by atoms with Crippen LogP contribution in [0, 0.1) is 13.8 Å². The van der Waals surface area contributed by atoms with Gasteiger partial charge in [0.05, 0.1) is 22.3 Å². The van der Waals surface area contributed by atoms with Crippen LogP contribution in [0.5, 0.6) is 0 Å². The highest BCUT2D eigenvalue weighted by molar-refractivity contribution is 7.89. The molecular weight excluding hydrogens is 444 g/mol. The molecule has 1 N–H and O–H groups in total. The van der Waals surface area contributed by atoms with Gasteiger partial charge in [0.2, 0.25) is 10.0 Å². The largest absolute Gasteiger partial charge is 0.456 e. The van der Waals surface area contributed by atoms with Crippen LogP contribution < -0.4 is 5.32 Å². The van der Waals surface area contributed by atoms with Gasteiger partial charge in [0, 0.05) is 33.3 Å². The maximum atomic E-state index is 12.4. The molecule has 9 nitrogen and oxygen atoms in total. The maximum absolute atomic E-state index is 12.4. The third-order valence-electron chi connectivity index (χ3n) is 5.43. The van der Waals surface area contributed by atoms with Crippen molar-refractivity contribution >= 4 is 38.6 Å². The topological polar surface area (TPSA) is 111 Å². The molecule has 1 heterocycles. The van der Waals surface area contributed by atoms with E-state index in [4.69, 9.17) is 4.74 Å². The van der Waals surface area contributed by atoms with E-state index in [1.54, 1.807) is 23.7 Å². The van der Waals surface area contributed by atoms with Crippen LogP contribution in [0.1, 0.15) is 23.4 Å². The molecule has 176 valence electrons. The zero-order chi connectivity index (χ0) is 24.3. The highest BCUT2D eigenvalue weighted by Crippen LogP contribution is 2.22. The standard InChI is InChI=1S/C23H28N4O5S/c1-15-6-7-17(12-16(15)2)24-22(28)14-32-23(29)11-10-21-25-19-13-18(33(30,31)26(3)4)8-9-20(19)27(21)5/h6-9,12-13H,10-11,14H2,1-5H3,(H,24,28). The normalized spacial score (nSPS) is 11.7. The van der Waals surface area contributed by atoms with Gasteiger partial charge in [0.15, 0.2) is 6.61 Å². The van der Waals surface area contributed by atoms with Crippen LogP contribution in [0.4, 0.5) is 5.69 Å². The molecule has 3 rings (SSSR count). The summed E-state index contributed by atoms with van der Waals surface area (Å²) in [6, 6.07) is 10.3.